The van der Waals surface area contributed by atoms with Crippen molar-refractivity contribution in [3.8, 4) is 0 Å². The SMILES string of the molecule is NOCCCNc1nc(Cl)cc(Cc2c(Cl)cccc2Cl)n1. The zero-order chi connectivity index (χ0) is 15.9. The molecule has 1 aromatic carbocycles. The average molecular weight is 362 g/mol. The molecular formula is C14H15Cl3N4O. The molecule has 0 radical (unpaired) electrons. The van der Waals surface area contributed by atoms with Crippen LogP contribution in [0.25, 0.3) is 0 Å². The van der Waals surface area contributed by atoms with Gasteiger partial charge < -0.3 is 10.2 Å². The Morgan fingerprint density at radius 3 is 2.55 bits per heavy atom. The van der Waals surface area contributed by atoms with Gasteiger partial charge >= 0.3 is 0 Å². The van der Waals surface area contributed by atoms with Crippen molar-refractivity contribution in [1.82, 2.24) is 9.97 Å². The van der Waals surface area contributed by atoms with Crippen LogP contribution in [-0.2, 0) is 11.3 Å². The van der Waals surface area contributed by atoms with Gasteiger partial charge in [0.1, 0.15) is 5.15 Å². The minimum atomic E-state index is 0.353. The summed E-state index contributed by atoms with van der Waals surface area (Å²) < 4.78 is 0. The molecule has 0 fully saturated rings. The van der Waals surface area contributed by atoms with Crippen LogP contribution in [0.1, 0.15) is 17.7 Å². The number of hydrogen-bond donors (Lipinski definition) is 2. The number of nitrogens with zero attached hydrogens (tertiary/aromatic N) is 2. The number of aromatic nitrogens is 2. The van der Waals surface area contributed by atoms with Crippen molar-refractivity contribution in [2.75, 3.05) is 18.5 Å². The molecule has 118 valence electrons. The van der Waals surface area contributed by atoms with Crippen LogP contribution >= 0.6 is 34.8 Å². The van der Waals surface area contributed by atoms with Crippen LogP contribution in [0.3, 0.4) is 0 Å². The van der Waals surface area contributed by atoms with Gasteiger partial charge in [-0.2, -0.15) is 0 Å². The molecule has 1 heterocycles. The molecule has 0 unspecified atom stereocenters. The lowest BCUT2D eigenvalue weighted by atomic mass is 10.1. The quantitative estimate of drug-likeness (QED) is 0.447. The lowest BCUT2D eigenvalue weighted by Crippen LogP contribution is -2.11. The summed E-state index contributed by atoms with van der Waals surface area (Å²) in [7, 11) is 0. The number of rotatable bonds is 7. The molecule has 8 heteroatoms. The van der Waals surface area contributed by atoms with E-state index in [1.807, 2.05) is 0 Å². The van der Waals surface area contributed by atoms with Crippen molar-refractivity contribution in [1.29, 1.82) is 0 Å². The Balaban J connectivity index is 2.12. The van der Waals surface area contributed by atoms with Crippen LogP contribution in [0, 0.1) is 0 Å². The molecule has 0 atom stereocenters. The second-order valence-electron chi connectivity index (χ2n) is 4.53. The number of nitrogens with one attached hydrogen (secondary N) is 1. The van der Waals surface area contributed by atoms with Crippen molar-refractivity contribution < 1.29 is 4.84 Å². The Hall–Kier alpha value is -1.11. The van der Waals surface area contributed by atoms with E-state index in [1.54, 1.807) is 24.3 Å². The number of nitrogens with two attached hydrogens (primary N) is 1. The highest BCUT2D eigenvalue weighted by Crippen LogP contribution is 2.27. The van der Waals surface area contributed by atoms with Gasteiger partial charge in [-0.25, -0.2) is 15.9 Å². The van der Waals surface area contributed by atoms with Crippen LogP contribution in [0.2, 0.25) is 15.2 Å². The van der Waals surface area contributed by atoms with Crippen LogP contribution in [0.5, 0.6) is 0 Å². The van der Waals surface area contributed by atoms with Gasteiger partial charge in [-0.15, -0.1) is 0 Å². The summed E-state index contributed by atoms with van der Waals surface area (Å²) >= 11 is 18.4. The zero-order valence-corrected chi connectivity index (χ0v) is 13.9. The van der Waals surface area contributed by atoms with Crippen LogP contribution in [0.4, 0.5) is 5.95 Å². The van der Waals surface area contributed by atoms with Crippen molar-refractivity contribution in [3.05, 3.63) is 50.7 Å². The molecule has 1 aromatic heterocycles. The lowest BCUT2D eigenvalue weighted by Gasteiger charge is -2.09. The van der Waals surface area contributed by atoms with E-state index in [9.17, 15) is 0 Å². The van der Waals surface area contributed by atoms with Gasteiger partial charge in [-0.3, -0.25) is 0 Å². The minimum absolute atomic E-state index is 0.353. The number of hydrogen-bond acceptors (Lipinski definition) is 5. The maximum absolute atomic E-state index is 6.18. The summed E-state index contributed by atoms with van der Waals surface area (Å²) in [4.78, 5) is 13.0. The summed E-state index contributed by atoms with van der Waals surface area (Å²) in [6.45, 7) is 1.08. The maximum Gasteiger partial charge on any atom is 0.224 e. The third kappa shape index (κ3) is 4.97. The lowest BCUT2D eigenvalue weighted by molar-refractivity contribution is 0.137. The van der Waals surface area contributed by atoms with Gasteiger partial charge in [0.05, 0.1) is 12.3 Å². The van der Waals surface area contributed by atoms with Gasteiger partial charge in [0.25, 0.3) is 0 Å². The average Bonchev–Trinajstić information content (AvgIpc) is 2.47. The minimum Gasteiger partial charge on any atom is -0.354 e. The van der Waals surface area contributed by atoms with Crippen LogP contribution in [0.15, 0.2) is 24.3 Å². The van der Waals surface area contributed by atoms with E-state index in [2.05, 4.69) is 20.1 Å². The number of halogens is 3. The summed E-state index contributed by atoms with van der Waals surface area (Å²) in [5, 5.41) is 4.61. The zero-order valence-electron chi connectivity index (χ0n) is 11.7. The molecule has 2 rings (SSSR count). The van der Waals surface area contributed by atoms with Crippen molar-refractivity contribution >= 4 is 40.8 Å². The fourth-order valence-corrected chi connectivity index (χ4v) is 2.61. The third-order valence-electron chi connectivity index (χ3n) is 2.89. The predicted molar refractivity (Wildman–Crippen MR) is 89.6 cm³/mol. The number of anilines is 1. The summed E-state index contributed by atoms with van der Waals surface area (Å²) in [5.41, 5.74) is 1.54. The summed E-state index contributed by atoms with van der Waals surface area (Å²) in [5.74, 6) is 5.41. The Morgan fingerprint density at radius 2 is 1.86 bits per heavy atom. The molecule has 0 bridgehead atoms. The number of benzene rings is 1. The van der Waals surface area contributed by atoms with Crippen LogP contribution in [-0.4, -0.2) is 23.1 Å². The first-order valence-corrected chi connectivity index (χ1v) is 7.75. The monoisotopic (exact) mass is 360 g/mol. The highest BCUT2D eigenvalue weighted by atomic mass is 35.5. The van der Waals surface area contributed by atoms with E-state index >= 15 is 0 Å². The molecule has 5 nitrogen and oxygen atoms in total. The Kier molecular flexibility index (Phi) is 6.67. The third-order valence-corrected chi connectivity index (χ3v) is 3.79. The molecule has 0 aliphatic heterocycles. The Morgan fingerprint density at radius 1 is 1.14 bits per heavy atom. The van der Waals surface area contributed by atoms with Gasteiger partial charge in [0.15, 0.2) is 0 Å². The fourth-order valence-electron chi connectivity index (χ4n) is 1.87. The highest BCUT2D eigenvalue weighted by Gasteiger charge is 2.10. The highest BCUT2D eigenvalue weighted by molar-refractivity contribution is 6.36. The van der Waals surface area contributed by atoms with E-state index in [1.165, 1.54) is 0 Å². The van der Waals surface area contributed by atoms with Gasteiger partial charge in [0, 0.05) is 23.0 Å². The molecule has 0 aliphatic rings. The fraction of sp³-hybridized carbons (Fsp3) is 0.286. The molecule has 2 aromatic rings. The molecule has 0 amide bonds. The first-order chi connectivity index (χ1) is 10.6. The van der Waals surface area contributed by atoms with Crippen molar-refractivity contribution in [2.24, 2.45) is 5.90 Å². The smallest absolute Gasteiger partial charge is 0.224 e. The largest absolute Gasteiger partial charge is 0.354 e. The Bertz CT molecular complexity index is 619. The molecule has 0 spiro atoms. The van der Waals surface area contributed by atoms with Crippen molar-refractivity contribution in [3.63, 3.8) is 0 Å². The predicted octanol–water partition coefficient (Wildman–Crippen LogP) is 3.72. The summed E-state index contributed by atoms with van der Waals surface area (Å²) in [6.07, 6.45) is 1.21. The second kappa shape index (κ2) is 8.50. The Labute approximate surface area is 143 Å². The molecule has 3 N–H and O–H groups in total. The van der Waals surface area contributed by atoms with Crippen molar-refractivity contribution in [2.45, 2.75) is 12.8 Å². The van der Waals surface area contributed by atoms with E-state index in [0.717, 1.165) is 17.7 Å². The molecular weight excluding hydrogens is 347 g/mol. The van der Waals surface area contributed by atoms with Gasteiger partial charge in [-0.05, 0) is 30.2 Å². The van der Waals surface area contributed by atoms with E-state index < -0.39 is 0 Å². The van der Waals surface area contributed by atoms with E-state index in [0.29, 0.717) is 40.7 Å². The van der Waals surface area contributed by atoms with Gasteiger partial charge in [0.2, 0.25) is 5.95 Å². The van der Waals surface area contributed by atoms with Gasteiger partial charge in [-0.1, -0.05) is 40.9 Å². The first-order valence-electron chi connectivity index (χ1n) is 6.62. The summed E-state index contributed by atoms with van der Waals surface area (Å²) in [6, 6.07) is 7.07. The topological polar surface area (TPSA) is 73.1 Å². The molecule has 0 saturated heterocycles. The maximum atomic E-state index is 6.18. The van der Waals surface area contributed by atoms with E-state index in [-0.39, 0.29) is 0 Å². The first kappa shape index (κ1) is 17.2. The normalized spacial score (nSPS) is 10.7. The standard InChI is InChI=1S/C14H15Cl3N4O/c15-11-3-1-4-12(16)10(11)7-9-8-13(17)21-14(20-9)19-5-2-6-22-18/h1,3-4,8H,2,5-7,18H2,(H,19,20,21). The molecule has 22 heavy (non-hydrogen) atoms. The van der Waals surface area contributed by atoms with Crippen LogP contribution < -0.4 is 11.2 Å². The molecule has 0 saturated carbocycles. The molecule has 0 aliphatic carbocycles. The second-order valence-corrected chi connectivity index (χ2v) is 5.74. The van der Waals surface area contributed by atoms with E-state index in [4.69, 9.17) is 40.7 Å².